The number of hydrogen-bond donors (Lipinski definition) is 1. The van der Waals surface area contributed by atoms with Crippen LogP contribution in [0.25, 0.3) is 11.0 Å². The number of rotatable bonds is 4. The summed E-state index contributed by atoms with van der Waals surface area (Å²) in [5.41, 5.74) is 1.79. The summed E-state index contributed by atoms with van der Waals surface area (Å²) in [6.45, 7) is -0.0183. The van der Waals surface area contributed by atoms with Crippen LogP contribution in [-0.2, 0) is 11.3 Å². The Kier molecular flexibility index (Phi) is 3.46. The van der Waals surface area contributed by atoms with Crippen molar-refractivity contribution in [1.29, 1.82) is 0 Å². The van der Waals surface area contributed by atoms with Crippen LogP contribution in [0.5, 0.6) is 0 Å². The molecule has 1 aliphatic rings. The fraction of sp³-hybridized carbons (Fsp3) is 0.429. The molecule has 0 unspecified atom stereocenters. The van der Waals surface area contributed by atoms with Crippen LogP contribution >= 0.6 is 11.8 Å². The van der Waals surface area contributed by atoms with Crippen LogP contribution in [0.4, 0.5) is 0 Å². The SMILES string of the molecule is O=C(O)Cn1c(SC2CCCC2)nc2ccccc21. The first-order valence-electron chi connectivity index (χ1n) is 6.58. The molecular formula is C14H16N2O2S. The minimum atomic E-state index is -0.823. The Morgan fingerprint density at radius 3 is 2.84 bits per heavy atom. The first kappa shape index (κ1) is 12.5. The predicted molar refractivity (Wildman–Crippen MR) is 75.5 cm³/mol. The molecule has 0 saturated heterocycles. The second-order valence-electron chi connectivity index (χ2n) is 4.89. The van der Waals surface area contributed by atoms with Gasteiger partial charge in [-0.15, -0.1) is 0 Å². The highest BCUT2D eigenvalue weighted by atomic mass is 32.2. The normalized spacial score (nSPS) is 16.2. The number of benzene rings is 1. The van der Waals surface area contributed by atoms with E-state index in [1.807, 2.05) is 28.8 Å². The zero-order valence-electron chi connectivity index (χ0n) is 10.6. The van der Waals surface area contributed by atoms with Gasteiger partial charge >= 0.3 is 5.97 Å². The lowest BCUT2D eigenvalue weighted by Gasteiger charge is -2.10. The average Bonchev–Trinajstić information content (AvgIpc) is 2.99. The monoisotopic (exact) mass is 276 g/mol. The van der Waals surface area contributed by atoms with E-state index in [1.165, 1.54) is 25.7 Å². The minimum Gasteiger partial charge on any atom is -0.480 e. The standard InChI is InChI=1S/C14H16N2O2S/c17-13(18)9-16-12-8-4-3-7-11(12)15-14(16)19-10-5-1-2-6-10/h3-4,7-8,10H,1-2,5-6,9H2,(H,17,18). The zero-order valence-corrected chi connectivity index (χ0v) is 11.4. The van der Waals surface area contributed by atoms with Crippen molar-refractivity contribution < 1.29 is 9.90 Å². The lowest BCUT2D eigenvalue weighted by atomic mass is 10.3. The molecule has 1 aromatic carbocycles. The summed E-state index contributed by atoms with van der Waals surface area (Å²) in [7, 11) is 0. The third-order valence-corrected chi connectivity index (χ3v) is 4.81. The number of thioether (sulfide) groups is 1. The summed E-state index contributed by atoms with van der Waals surface area (Å²) in [4.78, 5) is 15.6. The maximum Gasteiger partial charge on any atom is 0.323 e. The van der Waals surface area contributed by atoms with Gasteiger partial charge in [-0.05, 0) is 25.0 Å². The molecule has 100 valence electrons. The maximum absolute atomic E-state index is 11.0. The van der Waals surface area contributed by atoms with E-state index in [0.29, 0.717) is 5.25 Å². The Morgan fingerprint density at radius 2 is 2.11 bits per heavy atom. The highest BCUT2D eigenvalue weighted by Crippen LogP contribution is 2.35. The van der Waals surface area contributed by atoms with Gasteiger partial charge in [-0.25, -0.2) is 4.98 Å². The molecule has 4 nitrogen and oxygen atoms in total. The van der Waals surface area contributed by atoms with E-state index < -0.39 is 5.97 Å². The highest BCUT2D eigenvalue weighted by molar-refractivity contribution is 7.99. The molecule has 3 rings (SSSR count). The molecule has 1 fully saturated rings. The van der Waals surface area contributed by atoms with Crippen molar-refractivity contribution in [2.45, 2.75) is 42.6 Å². The van der Waals surface area contributed by atoms with E-state index in [4.69, 9.17) is 5.11 Å². The molecule has 0 amide bonds. The Balaban J connectivity index is 1.98. The third-order valence-electron chi connectivity index (χ3n) is 3.49. The average molecular weight is 276 g/mol. The first-order valence-corrected chi connectivity index (χ1v) is 7.46. The molecule has 5 heteroatoms. The number of aromatic nitrogens is 2. The van der Waals surface area contributed by atoms with Crippen LogP contribution < -0.4 is 0 Å². The largest absolute Gasteiger partial charge is 0.480 e. The summed E-state index contributed by atoms with van der Waals surface area (Å²) in [6.07, 6.45) is 4.97. The van der Waals surface area contributed by atoms with Gasteiger partial charge in [0.25, 0.3) is 0 Å². The molecule has 0 aliphatic heterocycles. The van der Waals surface area contributed by atoms with Crippen molar-refractivity contribution in [3.05, 3.63) is 24.3 Å². The molecule has 1 aliphatic carbocycles. The summed E-state index contributed by atoms with van der Waals surface area (Å²) in [6, 6.07) is 7.73. The van der Waals surface area contributed by atoms with E-state index in [2.05, 4.69) is 4.98 Å². The van der Waals surface area contributed by atoms with E-state index in [1.54, 1.807) is 11.8 Å². The van der Waals surface area contributed by atoms with Crippen molar-refractivity contribution >= 4 is 28.8 Å². The fourth-order valence-corrected chi connectivity index (χ4v) is 3.90. The molecule has 0 radical (unpaired) electrons. The Morgan fingerprint density at radius 1 is 1.37 bits per heavy atom. The molecule has 1 heterocycles. The predicted octanol–water partition coefficient (Wildman–Crippen LogP) is 3.16. The van der Waals surface area contributed by atoms with Crippen molar-refractivity contribution in [2.24, 2.45) is 0 Å². The van der Waals surface area contributed by atoms with Crippen molar-refractivity contribution in [1.82, 2.24) is 9.55 Å². The summed E-state index contributed by atoms with van der Waals surface area (Å²) >= 11 is 1.73. The van der Waals surface area contributed by atoms with Crippen LogP contribution in [0, 0.1) is 0 Å². The van der Waals surface area contributed by atoms with Crippen LogP contribution in [0.1, 0.15) is 25.7 Å². The van der Waals surface area contributed by atoms with Gasteiger partial charge < -0.3 is 9.67 Å². The molecule has 2 aromatic rings. The summed E-state index contributed by atoms with van der Waals surface area (Å²) in [5.74, 6) is -0.823. The first-order chi connectivity index (χ1) is 9.24. The number of aliphatic carboxylic acids is 1. The molecular weight excluding hydrogens is 260 g/mol. The van der Waals surface area contributed by atoms with Gasteiger partial charge in [0.05, 0.1) is 11.0 Å². The van der Waals surface area contributed by atoms with E-state index in [-0.39, 0.29) is 6.54 Å². The third kappa shape index (κ3) is 2.61. The quantitative estimate of drug-likeness (QED) is 0.932. The maximum atomic E-state index is 11.0. The molecule has 0 atom stereocenters. The second kappa shape index (κ2) is 5.25. The topological polar surface area (TPSA) is 55.1 Å². The summed E-state index contributed by atoms with van der Waals surface area (Å²) < 4.78 is 1.82. The van der Waals surface area contributed by atoms with E-state index in [9.17, 15) is 4.79 Å². The van der Waals surface area contributed by atoms with Crippen LogP contribution in [0.2, 0.25) is 0 Å². The van der Waals surface area contributed by atoms with E-state index in [0.717, 1.165) is 16.2 Å². The molecule has 1 saturated carbocycles. The molecule has 1 N–H and O–H groups in total. The van der Waals surface area contributed by atoms with Gasteiger partial charge in [0.1, 0.15) is 6.54 Å². The van der Waals surface area contributed by atoms with Gasteiger partial charge in [0, 0.05) is 5.25 Å². The van der Waals surface area contributed by atoms with Gasteiger partial charge in [-0.1, -0.05) is 36.7 Å². The Labute approximate surface area is 115 Å². The number of imidazole rings is 1. The number of carboxylic acids is 1. The second-order valence-corrected chi connectivity index (χ2v) is 6.15. The van der Waals surface area contributed by atoms with Crippen LogP contribution in [0.3, 0.4) is 0 Å². The Hall–Kier alpha value is -1.49. The lowest BCUT2D eigenvalue weighted by Crippen LogP contribution is -2.10. The minimum absolute atomic E-state index is 0.0183. The number of carboxylic acid groups (broad SMARTS) is 1. The van der Waals surface area contributed by atoms with E-state index >= 15 is 0 Å². The molecule has 19 heavy (non-hydrogen) atoms. The Bertz CT molecular complexity index is 603. The van der Waals surface area contributed by atoms with Gasteiger partial charge in [0.15, 0.2) is 5.16 Å². The number of fused-ring (bicyclic) bond motifs is 1. The number of carbonyl (C=O) groups is 1. The van der Waals surface area contributed by atoms with Crippen molar-refractivity contribution in [2.75, 3.05) is 0 Å². The highest BCUT2D eigenvalue weighted by Gasteiger charge is 2.21. The van der Waals surface area contributed by atoms with Crippen molar-refractivity contribution in [3.8, 4) is 0 Å². The molecule has 0 bridgehead atoms. The van der Waals surface area contributed by atoms with Gasteiger partial charge in [-0.2, -0.15) is 0 Å². The van der Waals surface area contributed by atoms with Gasteiger partial charge in [0.2, 0.25) is 0 Å². The van der Waals surface area contributed by atoms with Gasteiger partial charge in [-0.3, -0.25) is 4.79 Å². The van der Waals surface area contributed by atoms with Crippen LogP contribution in [-0.4, -0.2) is 25.9 Å². The fourth-order valence-electron chi connectivity index (χ4n) is 2.59. The summed E-state index contributed by atoms with van der Waals surface area (Å²) in [5, 5.41) is 10.5. The lowest BCUT2D eigenvalue weighted by molar-refractivity contribution is -0.137. The zero-order chi connectivity index (χ0) is 13.2. The van der Waals surface area contributed by atoms with Crippen molar-refractivity contribution in [3.63, 3.8) is 0 Å². The molecule has 1 aromatic heterocycles. The number of hydrogen-bond acceptors (Lipinski definition) is 3. The molecule has 0 spiro atoms. The smallest absolute Gasteiger partial charge is 0.323 e. The number of nitrogens with zero attached hydrogens (tertiary/aromatic N) is 2. The number of para-hydroxylation sites is 2. The van der Waals surface area contributed by atoms with Crippen LogP contribution in [0.15, 0.2) is 29.4 Å².